The highest BCUT2D eigenvalue weighted by molar-refractivity contribution is 6.47. The Labute approximate surface area is 126 Å². The molecule has 0 bridgehead atoms. The van der Waals surface area contributed by atoms with Gasteiger partial charge >= 0.3 is 0 Å². The van der Waals surface area contributed by atoms with Crippen molar-refractivity contribution >= 4 is 17.2 Å². The van der Waals surface area contributed by atoms with Crippen LogP contribution in [0.3, 0.4) is 0 Å². The van der Waals surface area contributed by atoms with E-state index in [9.17, 15) is 4.79 Å². The lowest BCUT2D eigenvalue weighted by molar-refractivity contribution is -0.115. The van der Waals surface area contributed by atoms with Crippen LogP contribution < -0.4 is 10.6 Å². The summed E-state index contributed by atoms with van der Waals surface area (Å²) in [7, 11) is 0. The van der Waals surface area contributed by atoms with Crippen molar-refractivity contribution in [2.45, 2.75) is 39.8 Å². The Bertz CT molecular complexity index is 571. The Balaban J connectivity index is 2.35. The molecule has 0 spiro atoms. The molecule has 0 saturated carbocycles. The fourth-order valence-corrected chi connectivity index (χ4v) is 2.29. The molecule has 1 aromatic carbocycles. The van der Waals surface area contributed by atoms with E-state index in [2.05, 4.69) is 41.6 Å². The van der Waals surface area contributed by atoms with Crippen LogP contribution in [0.15, 0.2) is 41.0 Å². The van der Waals surface area contributed by atoms with Gasteiger partial charge in [0.25, 0.3) is 5.91 Å². The zero-order chi connectivity index (χ0) is 15.4. The molecule has 1 heterocycles. The fraction of sp³-hybridized carbons (Fsp3) is 0.412. The smallest absolute Gasteiger partial charge is 0.271 e. The first-order valence-corrected chi connectivity index (χ1v) is 7.39. The first-order chi connectivity index (χ1) is 9.99. The average Bonchev–Trinajstić information content (AvgIpc) is 2.82. The number of hydrogen-bond donors (Lipinski definition) is 2. The Kier molecular flexibility index (Phi) is 4.78. The molecule has 1 aromatic rings. The van der Waals surface area contributed by atoms with E-state index in [4.69, 9.17) is 0 Å². The third kappa shape index (κ3) is 3.72. The summed E-state index contributed by atoms with van der Waals surface area (Å²) in [6, 6.07) is 10.4. The van der Waals surface area contributed by atoms with Crippen molar-refractivity contribution in [2.24, 2.45) is 4.99 Å². The number of aliphatic imine (C=N–C) groups is 1. The predicted octanol–water partition coefficient (Wildman–Crippen LogP) is 2.37. The second-order valence-electron chi connectivity index (χ2n) is 5.81. The zero-order valence-corrected chi connectivity index (χ0v) is 13.1. The maximum absolute atomic E-state index is 12.3. The molecule has 2 N–H and O–H groups in total. The number of carbonyl (C=O) groups excluding carboxylic acids is 1. The summed E-state index contributed by atoms with van der Waals surface area (Å²) in [5, 5.41) is 6.30. The van der Waals surface area contributed by atoms with Crippen LogP contribution >= 0.6 is 0 Å². The van der Waals surface area contributed by atoms with E-state index in [-0.39, 0.29) is 18.0 Å². The molecule has 1 aliphatic rings. The van der Waals surface area contributed by atoms with Crippen LogP contribution in [0, 0.1) is 0 Å². The largest absolute Gasteiger partial charge is 0.381 e. The highest BCUT2D eigenvalue weighted by Gasteiger charge is 2.26. The molecule has 112 valence electrons. The second-order valence-corrected chi connectivity index (χ2v) is 5.81. The fourth-order valence-electron chi connectivity index (χ4n) is 2.29. The number of nitrogens with zero attached hydrogens (tertiary/aromatic N) is 1. The second kappa shape index (κ2) is 6.57. The van der Waals surface area contributed by atoms with Crippen molar-refractivity contribution in [3.63, 3.8) is 0 Å². The van der Waals surface area contributed by atoms with Gasteiger partial charge in [-0.2, -0.15) is 0 Å². The van der Waals surface area contributed by atoms with Gasteiger partial charge in [-0.25, -0.2) is 0 Å². The maximum atomic E-state index is 12.3. The van der Waals surface area contributed by atoms with Crippen molar-refractivity contribution in [1.29, 1.82) is 0 Å². The van der Waals surface area contributed by atoms with E-state index >= 15 is 0 Å². The van der Waals surface area contributed by atoms with Crippen molar-refractivity contribution < 1.29 is 4.79 Å². The van der Waals surface area contributed by atoms with Crippen LogP contribution in [0.5, 0.6) is 0 Å². The van der Waals surface area contributed by atoms with Crippen LogP contribution in [0.1, 0.15) is 33.3 Å². The van der Waals surface area contributed by atoms with Gasteiger partial charge in [-0.1, -0.05) is 30.3 Å². The summed E-state index contributed by atoms with van der Waals surface area (Å²) < 4.78 is 0. The van der Waals surface area contributed by atoms with Gasteiger partial charge in [-0.05, 0) is 33.3 Å². The Morgan fingerprint density at radius 2 is 1.76 bits per heavy atom. The molecule has 0 aromatic heterocycles. The highest BCUT2D eigenvalue weighted by atomic mass is 16.2. The number of carbonyl (C=O) groups is 1. The van der Waals surface area contributed by atoms with Gasteiger partial charge in [0.1, 0.15) is 5.71 Å². The average molecular weight is 285 g/mol. The lowest BCUT2D eigenvalue weighted by Crippen LogP contribution is -2.40. The molecule has 0 aliphatic carbocycles. The Morgan fingerprint density at radius 3 is 2.33 bits per heavy atom. The number of hydrogen-bond acceptors (Lipinski definition) is 3. The molecule has 0 fully saturated rings. The number of amides is 1. The number of rotatable bonds is 5. The normalized spacial score (nSPS) is 14.7. The lowest BCUT2D eigenvalue weighted by atomic mass is 10.0. The van der Waals surface area contributed by atoms with E-state index in [0.29, 0.717) is 12.3 Å². The molecule has 4 nitrogen and oxygen atoms in total. The minimum atomic E-state index is -0.112. The molecule has 0 saturated heterocycles. The summed E-state index contributed by atoms with van der Waals surface area (Å²) in [5.41, 5.74) is 3.56. The summed E-state index contributed by atoms with van der Waals surface area (Å²) in [6.45, 7) is 8.56. The quantitative estimate of drug-likeness (QED) is 0.872. The standard InChI is InChI=1S/C17H23N3O/c1-11(2)19-15-14(13-8-6-5-7-9-13)10-18-16(15)17(21)20-12(3)4/h5-9,11-12,19H,10H2,1-4H3,(H,20,21). The molecular weight excluding hydrogens is 262 g/mol. The number of nitrogens with one attached hydrogen (secondary N) is 2. The highest BCUT2D eigenvalue weighted by Crippen LogP contribution is 2.24. The molecule has 0 radical (unpaired) electrons. The summed E-state index contributed by atoms with van der Waals surface area (Å²) >= 11 is 0. The van der Waals surface area contributed by atoms with Crippen molar-refractivity contribution in [3.05, 3.63) is 41.6 Å². The van der Waals surface area contributed by atoms with Gasteiger partial charge in [0.15, 0.2) is 0 Å². The Hall–Kier alpha value is -2.10. The molecule has 0 unspecified atom stereocenters. The molecule has 1 aliphatic heterocycles. The van der Waals surface area contributed by atoms with Crippen LogP contribution in [-0.2, 0) is 4.79 Å². The molecule has 4 heteroatoms. The predicted molar refractivity (Wildman–Crippen MR) is 87.2 cm³/mol. The van der Waals surface area contributed by atoms with Gasteiger partial charge < -0.3 is 10.6 Å². The van der Waals surface area contributed by atoms with Crippen LogP contribution in [0.4, 0.5) is 0 Å². The Morgan fingerprint density at radius 1 is 1.10 bits per heavy atom. The molecular formula is C17H23N3O. The van der Waals surface area contributed by atoms with Gasteiger partial charge in [-0.15, -0.1) is 0 Å². The van der Waals surface area contributed by atoms with Crippen molar-refractivity contribution in [1.82, 2.24) is 10.6 Å². The molecule has 21 heavy (non-hydrogen) atoms. The lowest BCUT2D eigenvalue weighted by Gasteiger charge is -2.16. The van der Waals surface area contributed by atoms with E-state index < -0.39 is 0 Å². The van der Waals surface area contributed by atoms with Gasteiger partial charge in [0.05, 0.1) is 12.2 Å². The minimum Gasteiger partial charge on any atom is -0.381 e. The van der Waals surface area contributed by atoms with E-state index in [1.54, 1.807) is 0 Å². The monoisotopic (exact) mass is 285 g/mol. The molecule has 0 atom stereocenters. The first-order valence-electron chi connectivity index (χ1n) is 7.39. The van der Waals surface area contributed by atoms with Gasteiger partial charge in [-0.3, -0.25) is 9.79 Å². The van der Waals surface area contributed by atoms with Crippen LogP contribution in [-0.4, -0.2) is 30.2 Å². The van der Waals surface area contributed by atoms with E-state index in [1.165, 1.54) is 0 Å². The van der Waals surface area contributed by atoms with Crippen molar-refractivity contribution in [2.75, 3.05) is 6.54 Å². The molecule has 1 amide bonds. The summed E-state index contributed by atoms with van der Waals surface area (Å²) in [4.78, 5) is 16.8. The van der Waals surface area contributed by atoms with Gasteiger partial charge in [0, 0.05) is 17.7 Å². The topological polar surface area (TPSA) is 53.5 Å². The van der Waals surface area contributed by atoms with Crippen LogP contribution in [0.25, 0.3) is 5.57 Å². The third-order valence-electron chi connectivity index (χ3n) is 3.12. The number of benzene rings is 1. The molecule has 2 rings (SSSR count). The van der Waals surface area contributed by atoms with E-state index in [0.717, 1.165) is 16.8 Å². The summed E-state index contributed by atoms with van der Waals surface area (Å²) in [6.07, 6.45) is 0. The minimum absolute atomic E-state index is 0.0984. The zero-order valence-electron chi connectivity index (χ0n) is 13.1. The van der Waals surface area contributed by atoms with Crippen LogP contribution in [0.2, 0.25) is 0 Å². The third-order valence-corrected chi connectivity index (χ3v) is 3.12. The van der Waals surface area contributed by atoms with Gasteiger partial charge in [0.2, 0.25) is 0 Å². The summed E-state index contributed by atoms with van der Waals surface area (Å²) in [5.74, 6) is -0.112. The SMILES string of the molecule is CC(C)NC(=O)C1=NCC(c2ccccc2)=C1NC(C)C. The first kappa shape index (κ1) is 15.3. The maximum Gasteiger partial charge on any atom is 0.271 e. The van der Waals surface area contributed by atoms with E-state index in [1.807, 2.05) is 32.0 Å². The van der Waals surface area contributed by atoms with Crippen molar-refractivity contribution in [3.8, 4) is 0 Å².